The van der Waals surface area contributed by atoms with E-state index in [-0.39, 0.29) is 17.5 Å². The summed E-state index contributed by atoms with van der Waals surface area (Å²) in [7, 11) is 1.60. The molecule has 0 radical (unpaired) electrons. The fourth-order valence-corrected chi connectivity index (χ4v) is 6.36. The van der Waals surface area contributed by atoms with Gasteiger partial charge in [0, 0.05) is 27.5 Å². The third kappa shape index (κ3) is 2.94. The van der Waals surface area contributed by atoms with Gasteiger partial charge in [-0.3, -0.25) is 14.4 Å². The van der Waals surface area contributed by atoms with Gasteiger partial charge in [-0.25, -0.2) is 0 Å². The SMILES string of the molecule is COc1ccc2c(c1)C=CC1N2C(C(C)=O)C(C(=O)c2ccc(Cl)cc2)C12C(=O)Nc1ccccc12. The van der Waals surface area contributed by atoms with Crippen LogP contribution < -0.4 is 15.0 Å². The molecule has 1 saturated heterocycles. The number of ether oxygens (including phenoxy) is 1. The maximum absolute atomic E-state index is 14.3. The quantitative estimate of drug-likeness (QED) is 0.517. The van der Waals surface area contributed by atoms with E-state index in [1.165, 1.54) is 6.92 Å². The molecule has 6 rings (SSSR count). The van der Waals surface area contributed by atoms with Gasteiger partial charge in [0.05, 0.1) is 25.1 Å². The fourth-order valence-electron chi connectivity index (χ4n) is 6.23. The fraction of sp³-hybridized carbons (Fsp3) is 0.207. The number of carbonyl (C=O) groups is 3. The summed E-state index contributed by atoms with van der Waals surface area (Å²) >= 11 is 6.09. The Morgan fingerprint density at radius 2 is 1.81 bits per heavy atom. The van der Waals surface area contributed by atoms with Crippen LogP contribution in [0.1, 0.15) is 28.4 Å². The highest BCUT2D eigenvalue weighted by atomic mass is 35.5. The molecule has 4 atom stereocenters. The molecule has 36 heavy (non-hydrogen) atoms. The van der Waals surface area contributed by atoms with Crippen LogP contribution in [0.2, 0.25) is 5.02 Å². The van der Waals surface area contributed by atoms with E-state index in [2.05, 4.69) is 5.32 Å². The van der Waals surface area contributed by atoms with Crippen LogP contribution >= 0.6 is 11.6 Å². The van der Waals surface area contributed by atoms with Gasteiger partial charge in [-0.1, -0.05) is 42.0 Å². The molecule has 3 aromatic rings. The van der Waals surface area contributed by atoms with Gasteiger partial charge in [-0.2, -0.15) is 0 Å². The van der Waals surface area contributed by atoms with Crippen LogP contribution in [0.25, 0.3) is 6.08 Å². The molecule has 4 unspecified atom stereocenters. The first-order chi connectivity index (χ1) is 17.4. The molecule has 3 aliphatic rings. The van der Waals surface area contributed by atoms with Crippen LogP contribution in [0.3, 0.4) is 0 Å². The molecule has 7 heteroatoms. The normalized spacial score (nSPS) is 25.2. The summed E-state index contributed by atoms with van der Waals surface area (Å²) in [4.78, 5) is 43.7. The number of Topliss-reactive ketones (excluding diaryl/α,β-unsaturated/α-hetero) is 2. The van der Waals surface area contributed by atoms with Crippen molar-refractivity contribution in [2.24, 2.45) is 5.92 Å². The minimum atomic E-state index is -1.29. The minimum Gasteiger partial charge on any atom is -0.497 e. The van der Waals surface area contributed by atoms with Crippen molar-refractivity contribution in [1.29, 1.82) is 0 Å². The van der Waals surface area contributed by atoms with Gasteiger partial charge < -0.3 is 15.0 Å². The summed E-state index contributed by atoms with van der Waals surface area (Å²) in [5.41, 5.74) is 2.14. The molecule has 0 aromatic heterocycles. The number of halogens is 1. The molecular formula is C29H23ClN2O4. The van der Waals surface area contributed by atoms with Gasteiger partial charge >= 0.3 is 0 Å². The molecule has 1 N–H and O–H groups in total. The monoisotopic (exact) mass is 498 g/mol. The molecule has 3 aromatic carbocycles. The molecule has 0 aliphatic carbocycles. The summed E-state index contributed by atoms with van der Waals surface area (Å²) in [6, 6.07) is 18.2. The molecule has 1 fully saturated rings. The molecule has 3 heterocycles. The second-order valence-corrected chi connectivity index (χ2v) is 9.85. The van der Waals surface area contributed by atoms with Gasteiger partial charge in [0.15, 0.2) is 11.6 Å². The predicted molar refractivity (Wildman–Crippen MR) is 139 cm³/mol. The number of benzene rings is 3. The summed E-state index contributed by atoms with van der Waals surface area (Å²) < 4.78 is 5.40. The molecule has 6 nitrogen and oxygen atoms in total. The number of rotatable bonds is 4. The Hall–Kier alpha value is -3.90. The van der Waals surface area contributed by atoms with Crippen molar-refractivity contribution in [2.45, 2.75) is 24.4 Å². The van der Waals surface area contributed by atoms with Crippen LogP contribution in [-0.4, -0.2) is 36.7 Å². The van der Waals surface area contributed by atoms with Crippen LogP contribution in [0.5, 0.6) is 5.75 Å². The van der Waals surface area contributed by atoms with Crippen molar-refractivity contribution in [3.8, 4) is 5.75 Å². The Bertz CT molecular complexity index is 1460. The van der Waals surface area contributed by atoms with Crippen molar-refractivity contribution in [3.05, 3.63) is 94.5 Å². The molecule has 1 spiro atoms. The highest BCUT2D eigenvalue weighted by Gasteiger charge is 2.69. The molecule has 1 amide bonds. The Labute approximate surface area is 213 Å². The zero-order valence-electron chi connectivity index (χ0n) is 19.7. The average Bonchev–Trinajstić information content (AvgIpc) is 3.36. The number of para-hydroxylation sites is 1. The second-order valence-electron chi connectivity index (χ2n) is 9.41. The molecule has 0 bridgehead atoms. The smallest absolute Gasteiger partial charge is 0.238 e. The maximum atomic E-state index is 14.3. The van der Waals surface area contributed by atoms with Crippen molar-refractivity contribution < 1.29 is 19.1 Å². The lowest BCUT2D eigenvalue weighted by Gasteiger charge is -2.37. The number of carbonyl (C=O) groups excluding carboxylic acids is 3. The zero-order chi connectivity index (χ0) is 25.2. The summed E-state index contributed by atoms with van der Waals surface area (Å²) in [5, 5.41) is 3.51. The number of hydrogen-bond donors (Lipinski definition) is 1. The highest BCUT2D eigenvalue weighted by molar-refractivity contribution is 6.30. The number of ketones is 2. The highest BCUT2D eigenvalue weighted by Crippen LogP contribution is 2.57. The number of anilines is 2. The summed E-state index contributed by atoms with van der Waals surface area (Å²) in [5.74, 6) is -1.00. The second kappa shape index (κ2) is 8.07. The van der Waals surface area contributed by atoms with E-state index in [9.17, 15) is 14.4 Å². The van der Waals surface area contributed by atoms with Crippen molar-refractivity contribution in [3.63, 3.8) is 0 Å². The maximum Gasteiger partial charge on any atom is 0.238 e. The van der Waals surface area contributed by atoms with Gasteiger partial charge in [-0.05, 0) is 61.0 Å². The number of hydrogen-bond acceptors (Lipinski definition) is 5. The van der Waals surface area contributed by atoms with E-state index < -0.39 is 23.4 Å². The lowest BCUT2D eigenvalue weighted by Crippen LogP contribution is -2.51. The summed E-state index contributed by atoms with van der Waals surface area (Å²) in [6.07, 6.45) is 3.88. The van der Waals surface area contributed by atoms with Crippen molar-refractivity contribution in [2.75, 3.05) is 17.3 Å². The molecule has 180 valence electrons. The standard InChI is InChI=1S/C29H23ClN2O4/c1-16(33)26-25(27(34)17-7-10-19(30)11-8-17)29(21-5-3-4-6-22(21)31-28(29)35)24-14-9-18-15-20(36-2)12-13-23(18)32(24)26/h3-15,24-26H,1-2H3,(H,31,35). The Morgan fingerprint density at radius 3 is 2.53 bits per heavy atom. The van der Waals surface area contributed by atoms with Gasteiger partial charge in [0.2, 0.25) is 5.91 Å². The third-order valence-electron chi connectivity index (χ3n) is 7.67. The topological polar surface area (TPSA) is 75.7 Å². The first-order valence-corrected chi connectivity index (χ1v) is 12.1. The van der Waals surface area contributed by atoms with E-state index >= 15 is 0 Å². The van der Waals surface area contributed by atoms with Crippen LogP contribution in [-0.2, 0) is 15.0 Å². The lowest BCUT2D eigenvalue weighted by molar-refractivity contribution is -0.122. The van der Waals surface area contributed by atoms with Crippen LogP contribution in [0.15, 0.2) is 72.8 Å². The lowest BCUT2D eigenvalue weighted by atomic mass is 9.64. The van der Waals surface area contributed by atoms with E-state index in [1.54, 1.807) is 31.4 Å². The van der Waals surface area contributed by atoms with Gasteiger partial charge in [0.25, 0.3) is 0 Å². The average molecular weight is 499 g/mol. The Kier molecular flexibility index (Phi) is 5.05. The van der Waals surface area contributed by atoms with E-state index in [1.807, 2.05) is 59.5 Å². The number of nitrogens with one attached hydrogen (secondary N) is 1. The first-order valence-electron chi connectivity index (χ1n) is 11.7. The summed E-state index contributed by atoms with van der Waals surface area (Å²) in [6.45, 7) is 1.49. The Balaban J connectivity index is 1.64. The zero-order valence-corrected chi connectivity index (χ0v) is 20.5. The van der Waals surface area contributed by atoms with Crippen LogP contribution in [0, 0.1) is 5.92 Å². The first kappa shape index (κ1) is 22.6. The number of fused-ring (bicyclic) bond motifs is 6. The number of methoxy groups -OCH3 is 1. The van der Waals surface area contributed by atoms with Crippen molar-refractivity contribution >= 4 is 46.5 Å². The minimum absolute atomic E-state index is 0.182. The third-order valence-corrected chi connectivity index (χ3v) is 7.92. The molecular weight excluding hydrogens is 476 g/mol. The van der Waals surface area contributed by atoms with Crippen molar-refractivity contribution in [1.82, 2.24) is 0 Å². The van der Waals surface area contributed by atoms with E-state index in [0.717, 1.165) is 16.8 Å². The number of nitrogens with zero attached hydrogens (tertiary/aromatic N) is 1. The van der Waals surface area contributed by atoms with E-state index in [4.69, 9.17) is 16.3 Å². The van der Waals surface area contributed by atoms with Gasteiger partial charge in [-0.15, -0.1) is 0 Å². The molecule has 0 saturated carbocycles. The van der Waals surface area contributed by atoms with Crippen LogP contribution in [0.4, 0.5) is 11.4 Å². The van der Waals surface area contributed by atoms with E-state index in [0.29, 0.717) is 22.0 Å². The number of amides is 1. The predicted octanol–water partition coefficient (Wildman–Crippen LogP) is 4.91. The Morgan fingerprint density at radius 1 is 1.06 bits per heavy atom. The molecule has 3 aliphatic heterocycles. The largest absolute Gasteiger partial charge is 0.497 e. The van der Waals surface area contributed by atoms with Gasteiger partial charge in [0.1, 0.15) is 11.2 Å².